The van der Waals surface area contributed by atoms with Crippen LogP contribution in [0.2, 0.25) is 0 Å². The van der Waals surface area contributed by atoms with Crippen molar-refractivity contribution in [2.75, 3.05) is 0 Å². The van der Waals surface area contributed by atoms with E-state index >= 15 is 0 Å². The fourth-order valence-corrected chi connectivity index (χ4v) is 3.14. The van der Waals surface area contributed by atoms with Gasteiger partial charge in [-0.1, -0.05) is 13.0 Å². The number of hydrogen-bond acceptors (Lipinski definition) is 4. The summed E-state index contributed by atoms with van der Waals surface area (Å²) in [6.45, 7) is 3.90. The summed E-state index contributed by atoms with van der Waals surface area (Å²) in [6, 6.07) is 7.08. The fraction of sp³-hybridized carbons (Fsp3) is 0.438. The van der Waals surface area contributed by atoms with Gasteiger partial charge in [0.2, 0.25) is 0 Å². The Morgan fingerprint density at radius 3 is 2.77 bits per heavy atom. The molecule has 0 spiro atoms. The van der Waals surface area contributed by atoms with E-state index in [2.05, 4.69) is 10.6 Å². The van der Waals surface area contributed by atoms with Crippen LogP contribution in [0.4, 0.5) is 4.79 Å². The molecule has 0 radical (unpaired) electrons. The number of amides is 2. The minimum atomic E-state index is -0.718. The maximum atomic E-state index is 12.1. The lowest BCUT2D eigenvalue weighted by Gasteiger charge is -2.20. The predicted octanol–water partition coefficient (Wildman–Crippen LogP) is 3.60. The topological polar surface area (TPSA) is 74.5 Å². The molecule has 2 rings (SSSR count). The second kappa shape index (κ2) is 8.00. The van der Waals surface area contributed by atoms with Crippen LogP contribution in [-0.2, 0) is 0 Å². The number of carbonyl (C=O) groups is 1. The second-order valence-electron chi connectivity index (χ2n) is 5.26. The highest BCUT2D eigenvalue weighted by Crippen LogP contribution is 2.22. The first kappa shape index (κ1) is 16.6. The Morgan fingerprint density at radius 1 is 1.36 bits per heavy atom. The van der Waals surface area contributed by atoms with E-state index in [-0.39, 0.29) is 18.1 Å². The summed E-state index contributed by atoms with van der Waals surface area (Å²) in [5.74, 6) is 0.513. The normalized spacial score (nSPS) is 15.0. The van der Waals surface area contributed by atoms with Crippen LogP contribution < -0.4 is 10.6 Å². The van der Waals surface area contributed by atoms with Crippen LogP contribution in [0.3, 0.4) is 0 Å². The Labute approximate surface area is 134 Å². The van der Waals surface area contributed by atoms with Gasteiger partial charge in [-0.15, -0.1) is 11.3 Å². The van der Waals surface area contributed by atoms with Gasteiger partial charge >= 0.3 is 6.03 Å². The van der Waals surface area contributed by atoms with Gasteiger partial charge in [-0.3, -0.25) is 0 Å². The quantitative estimate of drug-likeness (QED) is 0.729. The Bertz CT molecular complexity index is 554. The molecule has 0 fully saturated rings. The Balaban J connectivity index is 1.80. The molecule has 0 bridgehead atoms. The second-order valence-corrected chi connectivity index (χ2v) is 6.24. The molecule has 0 aliphatic rings. The van der Waals surface area contributed by atoms with Crippen LogP contribution in [0.15, 0.2) is 40.3 Å². The molecule has 2 heterocycles. The van der Waals surface area contributed by atoms with Crippen molar-refractivity contribution in [2.45, 2.75) is 44.9 Å². The van der Waals surface area contributed by atoms with Gasteiger partial charge in [0.15, 0.2) is 0 Å². The third-order valence-corrected chi connectivity index (χ3v) is 4.41. The Morgan fingerprint density at radius 2 is 2.18 bits per heavy atom. The molecule has 3 N–H and O–H groups in total. The van der Waals surface area contributed by atoms with Crippen LogP contribution in [0.5, 0.6) is 0 Å². The van der Waals surface area contributed by atoms with Crippen LogP contribution >= 0.6 is 11.3 Å². The standard InChI is InChI=1S/C16H22N2O3S/c1-3-12(15-7-5-9-22-15)18-16(20)17-11(2)10-13(19)14-6-4-8-21-14/h4-9,11-13,19H,3,10H2,1-2H3,(H2,17,18,20)/t11-,12+,13-/m1/s1. The molecule has 22 heavy (non-hydrogen) atoms. The number of aliphatic hydroxyl groups is 1. The minimum Gasteiger partial charge on any atom is -0.467 e. The van der Waals surface area contributed by atoms with Gasteiger partial charge in [0.25, 0.3) is 0 Å². The van der Waals surface area contributed by atoms with Gasteiger partial charge in [0.1, 0.15) is 11.9 Å². The van der Waals surface area contributed by atoms with E-state index in [0.29, 0.717) is 12.2 Å². The first-order valence-electron chi connectivity index (χ1n) is 7.42. The first-order chi connectivity index (χ1) is 10.6. The molecule has 6 heteroatoms. The highest BCUT2D eigenvalue weighted by molar-refractivity contribution is 7.10. The third kappa shape index (κ3) is 4.61. The molecule has 0 aliphatic heterocycles. The molecule has 120 valence electrons. The molecule has 0 saturated carbocycles. The smallest absolute Gasteiger partial charge is 0.315 e. The largest absolute Gasteiger partial charge is 0.467 e. The van der Waals surface area contributed by atoms with E-state index in [1.807, 2.05) is 31.4 Å². The van der Waals surface area contributed by atoms with E-state index in [0.717, 1.165) is 11.3 Å². The summed E-state index contributed by atoms with van der Waals surface area (Å²) >= 11 is 1.63. The zero-order chi connectivity index (χ0) is 15.9. The van der Waals surface area contributed by atoms with Gasteiger partial charge in [0, 0.05) is 17.3 Å². The Kier molecular flexibility index (Phi) is 6.03. The molecular formula is C16H22N2O3S. The van der Waals surface area contributed by atoms with E-state index in [1.165, 1.54) is 6.26 Å². The zero-order valence-electron chi connectivity index (χ0n) is 12.8. The molecule has 0 aliphatic carbocycles. The molecule has 2 aromatic rings. The number of furan rings is 1. The van der Waals surface area contributed by atoms with Crippen LogP contribution in [0.25, 0.3) is 0 Å². The average Bonchev–Trinajstić information content (AvgIpc) is 3.17. The first-order valence-corrected chi connectivity index (χ1v) is 8.30. The number of urea groups is 1. The SMILES string of the molecule is CC[C@H](NC(=O)N[C@H](C)C[C@@H](O)c1ccco1)c1cccs1. The average molecular weight is 322 g/mol. The fourth-order valence-electron chi connectivity index (χ4n) is 2.28. The molecule has 2 aromatic heterocycles. The Hall–Kier alpha value is -1.79. The van der Waals surface area contributed by atoms with Crippen molar-refractivity contribution in [3.8, 4) is 0 Å². The molecule has 0 unspecified atom stereocenters. The van der Waals surface area contributed by atoms with Gasteiger partial charge in [-0.25, -0.2) is 4.79 Å². The lowest BCUT2D eigenvalue weighted by molar-refractivity contribution is 0.129. The maximum absolute atomic E-state index is 12.1. The third-order valence-electron chi connectivity index (χ3n) is 3.43. The van der Waals surface area contributed by atoms with E-state index < -0.39 is 6.10 Å². The van der Waals surface area contributed by atoms with E-state index in [9.17, 15) is 9.90 Å². The number of hydrogen-bond donors (Lipinski definition) is 3. The van der Waals surface area contributed by atoms with Crippen molar-refractivity contribution < 1.29 is 14.3 Å². The van der Waals surface area contributed by atoms with Crippen molar-refractivity contribution in [1.29, 1.82) is 0 Å². The number of thiophene rings is 1. The predicted molar refractivity (Wildman–Crippen MR) is 86.8 cm³/mol. The number of carbonyl (C=O) groups excluding carboxylic acids is 1. The summed E-state index contributed by atoms with van der Waals surface area (Å²) in [6.07, 6.45) is 2.04. The van der Waals surface area contributed by atoms with Gasteiger partial charge in [-0.2, -0.15) is 0 Å². The summed E-state index contributed by atoms with van der Waals surface area (Å²) in [5.41, 5.74) is 0. The molecular weight excluding hydrogens is 300 g/mol. The molecule has 0 aromatic carbocycles. The van der Waals surface area contributed by atoms with E-state index in [1.54, 1.807) is 23.5 Å². The number of nitrogens with one attached hydrogen (secondary N) is 2. The molecule has 3 atom stereocenters. The van der Waals surface area contributed by atoms with Crippen molar-refractivity contribution in [2.24, 2.45) is 0 Å². The van der Waals surface area contributed by atoms with Crippen LogP contribution in [-0.4, -0.2) is 17.2 Å². The number of rotatable bonds is 7. The van der Waals surface area contributed by atoms with Crippen molar-refractivity contribution in [1.82, 2.24) is 10.6 Å². The molecule has 5 nitrogen and oxygen atoms in total. The van der Waals surface area contributed by atoms with Crippen LogP contribution in [0, 0.1) is 0 Å². The minimum absolute atomic E-state index is 0.0159. The van der Waals surface area contributed by atoms with Gasteiger partial charge in [-0.05, 0) is 36.9 Å². The maximum Gasteiger partial charge on any atom is 0.315 e. The summed E-state index contributed by atoms with van der Waals surface area (Å²) in [7, 11) is 0. The van der Waals surface area contributed by atoms with Crippen molar-refractivity contribution >= 4 is 17.4 Å². The monoisotopic (exact) mass is 322 g/mol. The highest BCUT2D eigenvalue weighted by atomic mass is 32.1. The van der Waals surface area contributed by atoms with Gasteiger partial charge in [0.05, 0.1) is 12.3 Å². The summed E-state index contributed by atoms with van der Waals surface area (Å²) in [5, 5.41) is 17.8. The lowest BCUT2D eigenvalue weighted by Crippen LogP contribution is -2.42. The van der Waals surface area contributed by atoms with Gasteiger partial charge < -0.3 is 20.2 Å². The lowest BCUT2D eigenvalue weighted by atomic mass is 10.1. The van der Waals surface area contributed by atoms with Crippen molar-refractivity contribution in [3.63, 3.8) is 0 Å². The van der Waals surface area contributed by atoms with E-state index in [4.69, 9.17) is 4.42 Å². The summed E-state index contributed by atoms with van der Waals surface area (Å²) < 4.78 is 5.16. The van der Waals surface area contributed by atoms with Crippen LogP contribution in [0.1, 0.15) is 49.5 Å². The highest BCUT2D eigenvalue weighted by Gasteiger charge is 2.18. The zero-order valence-corrected chi connectivity index (χ0v) is 13.6. The molecule has 2 amide bonds. The number of aliphatic hydroxyl groups excluding tert-OH is 1. The van der Waals surface area contributed by atoms with Crippen molar-refractivity contribution in [3.05, 3.63) is 46.5 Å². The molecule has 0 saturated heterocycles. The summed E-state index contributed by atoms with van der Waals surface area (Å²) in [4.78, 5) is 13.2.